The number of halogens is 2. The van der Waals surface area contributed by atoms with Crippen molar-refractivity contribution in [3.05, 3.63) is 27.7 Å². The number of hydrogen-bond acceptors (Lipinski definition) is 2. The average Bonchev–Trinajstić information content (AvgIpc) is 2.22. The summed E-state index contributed by atoms with van der Waals surface area (Å²) >= 11 is 9.29. The van der Waals surface area contributed by atoms with Gasteiger partial charge in [0.25, 0.3) is 0 Å². The molecule has 0 saturated heterocycles. The summed E-state index contributed by atoms with van der Waals surface area (Å²) in [5, 5.41) is 3.29. The maximum atomic E-state index is 11.7. The van der Waals surface area contributed by atoms with Crippen molar-refractivity contribution in [1.29, 1.82) is 0 Å². The van der Waals surface area contributed by atoms with Crippen LogP contribution in [0.3, 0.4) is 0 Å². The van der Waals surface area contributed by atoms with Gasteiger partial charge in [-0.3, -0.25) is 4.79 Å². The molecule has 16 heavy (non-hydrogen) atoms. The molecule has 0 aliphatic heterocycles. The standard InChI is InChI=1S/C11H14BrClN2O/c1-7(4-5-14)11(16)15-10-3-2-8(12)6-9(10)13/h2-3,6-7H,4-5,14H2,1H3,(H,15,16). The quantitative estimate of drug-likeness (QED) is 0.898. The molecule has 88 valence electrons. The van der Waals surface area contributed by atoms with Gasteiger partial charge in [0.1, 0.15) is 0 Å². The minimum atomic E-state index is -0.107. The molecule has 1 amide bonds. The second kappa shape index (κ2) is 6.23. The fourth-order valence-electron chi connectivity index (χ4n) is 1.23. The van der Waals surface area contributed by atoms with E-state index in [0.717, 1.165) is 4.47 Å². The van der Waals surface area contributed by atoms with Crippen LogP contribution in [-0.4, -0.2) is 12.5 Å². The second-order valence-electron chi connectivity index (χ2n) is 3.59. The fourth-order valence-corrected chi connectivity index (χ4v) is 1.95. The number of benzene rings is 1. The Kier molecular flexibility index (Phi) is 5.25. The Labute approximate surface area is 108 Å². The van der Waals surface area contributed by atoms with Crippen LogP contribution in [0.25, 0.3) is 0 Å². The molecule has 3 nitrogen and oxygen atoms in total. The Morgan fingerprint density at radius 1 is 1.62 bits per heavy atom. The third kappa shape index (κ3) is 3.77. The summed E-state index contributed by atoms with van der Waals surface area (Å²) in [6.45, 7) is 2.34. The normalized spacial score (nSPS) is 12.2. The van der Waals surface area contributed by atoms with E-state index in [4.69, 9.17) is 17.3 Å². The Balaban J connectivity index is 2.69. The third-order valence-electron chi connectivity index (χ3n) is 2.24. The summed E-state index contributed by atoms with van der Waals surface area (Å²) in [7, 11) is 0. The van der Waals surface area contributed by atoms with E-state index >= 15 is 0 Å². The first-order valence-electron chi connectivity index (χ1n) is 5.00. The van der Waals surface area contributed by atoms with E-state index in [1.54, 1.807) is 12.1 Å². The monoisotopic (exact) mass is 304 g/mol. The maximum Gasteiger partial charge on any atom is 0.227 e. The van der Waals surface area contributed by atoms with Crippen LogP contribution in [0.1, 0.15) is 13.3 Å². The van der Waals surface area contributed by atoms with E-state index in [1.807, 2.05) is 13.0 Å². The molecule has 0 aliphatic carbocycles. The van der Waals surface area contributed by atoms with Crippen molar-refractivity contribution >= 4 is 39.1 Å². The first-order chi connectivity index (χ1) is 7.54. The summed E-state index contributed by atoms with van der Waals surface area (Å²) in [6.07, 6.45) is 0.667. The molecule has 1 rings (SSSR count). The fraction of sp³-hybridized carbons (Fsp3) is 0.364. The summed E-state index contributed by atoms with van der Waals surface area (Å²) < 4.78 is 0.880. The molecule has 1 atom stereocenters. The Morgan fingerprint density at radius 3 is 2.88 bits per heavy atom. The topological polar surface area (TPSA) is 55.1 Å². The van der Waals surface area contributed by atoms with Crippen LogP contribution < -0.4 is 11.1 Å². The van der Waals surface area contributed by atoms with Crippen LogP contribution in [0.15, 0.2) is 22.7 Å². The van der Waals surface area contributed by atoms with E-state index in [-0.39, 0.29) is 11.8 Å². The molecule has 1 unspecified atom stereocenters. The lowest BCUT2D eigenvalue weighted by Gasteiger charge is -2.12. The molecule has 0 bridgehead atoms. The van der Waals surface area contributed by atoms with Crippen LogP contribution >= 0.6 is 27.5 Å². The highest BCUT2D eigenvalue weighted by molar-refractivity contribution is 9.10. The predicted molar refractivity (Wildman–Crippen MR) is 70.6 cm³/mol. The molecule has 0 saturated carbocycles. The lowest BCUT2D eigenvalue weighted by atomic mass is 10.1. The zero-order valence-corrected chi connectivity index (χ0v) is 11.3. The summed E-state index contributed by atoms with van der Waals surface area (Å²) in [5.74, 6) is -0.167. The molecule has 5 heteroatoms. The number of nitrogens with two attached hydrogens (primary N) is 1. The van der Waals surface area contributed by atoms with Crippen LogP contribution in [0, 0.1) is 5.92 Å². The van der Waals surface area contributed by atoms with E-state index in [1.165, 1.54) is 0 Å². The first-order valence-corrected chi connectivity index (χ1v) is 6.17. The minimum absolute atomic E-state index is 0.0605. The van der Waals surface area contributed by atoms with Crippen molar-refractivity contribution in [2.75, 3.05) is 11.9 Å². The van der Waals surface area contributed by atoms with Gasteiger partial charge in [0.2, 0.25) is 5.91 Å². The Bertz CT molecular complexity index is 384. The van der Waals surface area contributed by atoms with Crippen molar-refractivity contribution in [1.82, 2.24) is 0 Å². The second-order valence-corrected chi connectivity index (χ2v) is 4.91. The van der Waals surface area contributed by atoms with Crippen LogP contribution in [0.5, 0.6) is 0 Å². The van der Waals surface area contributed by atoms with E-state index in [0.29, 0.717) is 23.7 Å². The predicted octanol–water partition coefficient (Wildman–Crippen LogP) is 3.03. The third-order valence-corrected chi connectivity index (χ3v) is 3.04. The lowest BCUT2D eigenvalue weighted by Crippen LogP contribution is -2.22. The van der Waals surface area contributed by atoms with Gasteiger partial charge in [-0.05, 0) is 31.2 Å². The highest BCUT2D eigenvalue weighted by Crippen LogP contribution is 2.26. The SMILES string of the molecule is CC(CCN)C(=O)Nc1ccc(Br)cc1Cl. The number of rotatable bonds is 4. The molecule has 0 heterocycles. The molecule has 0 aromatic heterocycles. The molecule has 0 radical (unpaired) electrons. The van der Waals surface area contributed by atoms with Gasteiger partial charge in [0.15, 0.2) is 0 Å². The van der Waals surface area contributed by atoms with Gasteiger partial charge in [0, 0.05) is 10.4 Å². The Hall–Kier alpha value is -0.580. The van der Waals surface area contributed by atoms with Gasteiger partial charge in [0.05, 0.1) is 10.7 Å². The van der Waals surface area contributed by atoms with E-state index in [9.17, 15) is 4.79 Å². The van der Waals surface area contributed by atoms with Crippen LogP contribution in [-0.2, 0) is 4.79 Å². The summed E-state index contributed by atoms with van der Waals surface area (Å²) in [6, 6.07) is 5.33. The van der Waals surface area contributed by atoms with Gasteiger partial charge >= 0.3 is 0 Å². The molecular weight excluding hydrogens is 291 g/mol. The lowest BCUT2D eigenvalue weighted by molar-refractivity contribution is -0.119. The van der Waals surface area contributed by atoms with Gasteiger partial charge in [-0.25, -0.2) is 0 Å². The van der Waals surface area contributed by atoms with Crippen LogP contribution in [0.4, 0.5) is 5.69 Å². The van der Waals surface area contributed by atoms with Crippen molar-refractivity contribution < 1.29 is 4.79 Å². The summed E-state index contributed by atoms with van der Waals surface area (Å²) in [5.41, 5.74) is 6.02. The molecule has 0 fully saturated rings. The molecule has 0 spiro atoms. The van der Waals surface area contributed by atoms with Gasteiger partial charge in [-0.15, -0.1) is 0 Å². The number of nitrogens with one attached hydrogen (secondary N) is 1. The van der Waals surface area contributed by atoms with Crippen molar-refractivity contribution in [2.45, 2.75) is 13.3 Å². The van der Waals surface area contributed by atoms with Crippen molar-refractivity contribution in [2.24, 2.45) is 11.7 Å². The number of amides is 1. The molecular formula is C11H14BrClN2O. The zero-order valence-electron chi connectivity index (χ0n) is 8.97. The van der Waals surface area contributed by atoms with Gasteiger partial charge in [-0.2, -0.15) is 0 Å². The first kappa shape index (κ1) is 13.5. The molecule has 3 N–H and O–H groups in total. The summed E-state index contributed by atoms with van der Waals surface area (Å²) in [4.78, 5) is 11.7. The minimum Gasteiger partial charge on any atom is -0.330 e. The highest BCUT2D eigenvalue weighted by atomic mass is 79.9. The number of anilines is 1. The van der Waals surface area contributed by atoms with Crippen LogP contribution in [0.2, 0.25) is 5.02 Å². The number of hydrogen-bond donors (Lipinski definition) is 2. The Morgan fingerprint density at radius 2 is 2.31 bits per heavy atom. The van der Waals surface area contributed by atoms with Gasteiger partial charge in [-0.1, -0.05) is 34.5 Å². The zero-order chi connectivity index (χ0) is 12.1. The molecule has 1 aromatic carbocycles. The van der Waals surface area contributed by atoms with Crippen molar-refractivity contribution in [3.63, 3.8) is 0 Å². The number of carbonyl (C=O) groups is 1. The largest absolute Gasteiger partial charge is 0.330 e. The average molecular weight is 306 g/mol. The van der Waals surface area contributed by atoms with Crippen molar-refractivity contribution in [3.8, 4) is 0 Å². The highest BCUT2D eigenvalue weighted by Gasteiger charge is 2.13. The van der Waals surface area contributed by atoms with E-state index in [2.05, 4.69) is 21.2 Å². The number of carbonyl (C=O) groups excluding carboxylic acids is 1. The smallest absolute Gasteiger partial charge is 0.227 e. The molecule has 1 aromatic rings. The maximum absolute atomic E-state index is 11.7. The van der Waals surface area contributed by atoms with E-state index < -0.39 is 0 Å². The molecule has 0 aliphatic rings. The van der Waals surface area contributed by atoms with Gasteiger partial charge < -0.3 is 11.1 Å².